The molecule has 0 saturated heterocycles. The van der Waals surface area contributed by atoms with Crippen molar-refractivity contribution in [2.45, 2.75) is 58.9 Å². The van der Waals surface area contributed by atoms with Gasteiger partial charge >= 0.3 is 5.97 Å². The first-order valence-electron chi connectivity index (χ1n) is 9.69. The molecule has 0 aliphatic heterocycles. The zero-order chi connectivity index (χ0) is 20.1. The molecule has 0 saturated carbocycles. The van der Waals surface area contributed by atoms with E-state index in [9.17, 15) is 14.4 Å². The smallest absolute Gasteiger partial charge is 0.305 e. The number of rotatable bonds is 12. The largest absolute Gasteiger partial charge is 0.466 e. The summed E-state index contributed by atoms with van der Waals surface area (Å²) in [5.41, 5.74) is 0.921. The van der Waals surface area contributed by atoms with E-state index in [0.717, 1.165) is 24.8 Å². The van der Waals surface area contributed by atoms with E-state index in [1.165, 1.54) is 0 Å². The van der Waals surface area contributed by atoms with Crippen LogP contribution in [0.4, 0.5) is 0 Å². The normalized spacial score (nSPS) is 10.5. The van der Waals surface area contributed by atoms with Crippen molar-refractivity contribution in [3.63, 3.8) is 0 Å². The minimum atomic E-state index is -0.171. The topological polar surface area (TPSA) is 75.7 Å². The molecule has 0 fully saturated rings. The van der Waals surface area contributed by atoms with Crippen molar-refractivity contribution in [3.05, 3.63) is 35.9 Å². The minimum Gasteiger partial charge on any atom is -0.466 e. The van der Waals surface area contributed by atoms with Crippen LogP contribution in [0.25, 0.3) is 0 Å². The summed E-state index contributed by atoms with van der Waals surface area (Å²) in [6, 6.07) is 9.51. The highest BCUT2D eigenvalue weighted by atomic mass is 16.5. The van der Waals surface area contributed by atoms with Gasteiger partial charge < -0.3 is 15.0 Å². The highest BCUT2D eigenvalue weighted by Gasteiger charge is 2.17. The van der Waals surface area contributed by atoms with Crippen molar-refractivity contribution in [2.75, 3.05) is 19.7 Å². The lowest BCUT2D eigenvalue weighted by Crippen LogP contribution is -2.44. The Morgan fingerprint density at radius 1 is 1.07 bits per heavy atom. The van der Waals surface area contributed by atoms with Gasteiger partial charge in [-0.05, 0) is 39.2 Å². The van der Waals surface area contributed by atoms with Crippen molar-refractivity contribution in [2.24, 2.45) is 0 Å². The molecule has 0 aliphatic carbocycles. The number of ether oxygens (including phenoxy) is 1. The van der Waals surface area contributed by atoms with E-state index in [-0.39, 0.29) is 36.8 Å². The van der Waals surface area contributed by atoms with Gasteiger partial charge in [0.05, 0.1) is 19.6 Å². The lowest BCUT2D eigenvalue weighted by molar-refractivity contribution is -0.143. The molecule has 0 unspecified atom stereocenters. The first-order valence-corrected chi connectivity index (χ1v) is 9.69. The van der Waals surface area contributed by atoms with E-state index < -0.39 is 0 Å². The van der Waals surface area contributed by atoms with Gasteiger partial charge in [-0.15, -0.1) is 0 Å². The summed E-state index contributed by atoms with van der Waals surface area (Å²) in [4.78, 5) is 37.5. The van der Waals surface area contributed by atoms with Gasteiger partial charge in [0, 0.05) is 19.0 Å². The van der Waals surface area contributed by atoms with Gasteiger partial charge in [0.2, 0.25) is 11.8 Å². The second-order valence-corrected chi connectivity index (χ2v) is 6.74. The average molecular weight is 376 g/mol. The van der Waals surface area contributed by atoms with E-state index in [2.05, 4.69) is 5.32 Å². The van der Waals surface area contributed by atoms with Crippen molar-refractivity contribution >= 4 is 17.8 Å². The lowest BCUT2D eigenvalue weighted by Gasteiger charge is -2.27. The molecule has 0 atom stereocenters. The minimum absolute atomic E-state index is 0.00662. The van der Waals surface area contributed by atoms with Crippen LogP contribution < -0.4 is 5.32 Å². The van der Waals surface area contributed by atoms with Crippen LogP contribution in [0, 0.1) is 0 Å². The Morgan fingerprint density at radius 2 is 1.78 bits per heavy atom. The average Bonchev–Trinajstić information content (AvgIpc) is 2.63. The highest BCUT2D eigenvalue weighted by molar-refractivity contribution is 5.85. The molecule has 0 spiro atoms. The second kappa shape index (κ2) is 12.9. The Bertz CT molecular complexity index is 587. The van der Waals surface area contributed by atoms with E-state index in [4.69, 9.17) is 4.74 Å². The van der Waals surface area contributed by atoms with E-state index in [0.29, 0.717) is 19.6 Å². The van der Waals surface area contributed by atoms with Crippen molar-refractivity contribution in [1.29, 1.82) is 0 Å². The first-order chi connectivity index (χ1) is 12.9. The third kappa shape index (κ3) is 9.78. The summed E-state index contributed by atoms with van der Waals surface area (Å²) in [6.07, 6.45) is 3.12. The number of amides is 2. The van der Waals surface area contributed by atoms with Gasteiger partial charge in [-0.3, -0.25) is 14.4 Å². The van der Waals surface area contributed by atoms with Crippen molar-refractivity contribution in [1.82, 2.24) is 10.2 Å². The Morgan fingerprint density at radius 3 is 2.41 bits per heavy atom. The van der Waals surface area contributed by atoms with Gasteiger partial charge in [-0.2, -0.15) is 0 Å². The van der Waals surface area contributed by atoms with E-state index >= 15 is 0 Å². The molecule has 1 N–H and O–H groups in total. The number of hydrogen-bond donors (Lipinski definition) is 1. The number of carbonyl (C=O) groups excluding carboxylic acids is 3. The predicted octanol–water partition coefficient (Wildman–Crippen LogP) is 2.71. The number of hydrogen-bond acceptors (Lipinski definition) is 4. The van der Waals surface area contributed by atoms with Crippen LogP contribution in [-0.2, 0) is 25.5 Å². The number of carbonyl (C=O) groups is 3. The highest BCUT2D eigenvalue weighted by Crippen LogP contribution is 2.07. The fraction of sp³-hybridized carbons (Fsp3) is 0.571. The Kier molecular flexibility index (Phi) is 10.8. The summed E-state index contributed by atoms with van der Waals surface area (Å²) in [5.74, 6) is -0.417. The number of nitrogens with zero attached hydrogens (tertiary/aromatic N) is 1. The Hall–Kier alpha value is -2.37. The fourth-order valence-corrected chi connectivity index (χ4v) is 2.75. The van der Waals surface area contributed by atoms with Gasteiger partial charge in [-0.1, -0.05) is 36.8 Å². The third-order valence-electron chi connectivity index (χ3n) is 4.17. The number of unbranched alkanes of at least 4 members (excludes halogenated alkanes) is 2. The molecule has 0 aliphatic rings. The van der Waals surface area contributed by atoms with Gasteiger partial charge in [-0.25, -0.2) is 0 Å². The molecule has 0 bridgehead atoms. The molecule has 0 aromatic heterocycles. The van der Waals surface area contributed by atoms with Crippen LogP contribution in [0.2, 0.25) is 0 Å². The number of benzene rings is 1. The zero-order valence-corrected chi connectivity index (χ0v) is 16.7. The molecule has 27 heavy (non-hydrogen) atoms. The van der Waals surface area contributed by atoms with Gasteiger partial charge in [0.1, 0.15) is 0 Å². The molecule has 150 valence electrons. The first kappa shape index (κ1) is 22.7. The van der Waals surface area contributed by atoms with E-state index in [1.807, 2.05) is 44.2 Å². The quantitative estimate of drug-likeness (QED) is 0.449. The van der Waals surface area contributed by atoms with Crippen LogP contribution in [0.5, 0.6) is 0 Å². The third-order valence-corrected chi connectivity index (χ3v) is 4.17. The maximum Gasteiger partial charge on any atom is 0.305 e. The number of nitrogens with one attached hydrogen (secondary N) is 1. The molecule has 6 heteroatoms. The molecule has 0 radical (unpaired) electrons. The Balaban J connectivity index is 2.31. The van der Waals surface area contributed by atoms with Crippen LogP contribution in [0.3, 0.4) is 0 Å². The molecule has 0 heterocycles. The summed E-state index contributed by atoms with van der Waals surface area (Å²) >= 11 is 0. The van der Waals surface area contributed by atoms with Crippen LogP contribution in [-0.4, -0.2) is 48.4 Å². The Labute approximate surface area is 162 Å². The molecule has 1 rings (SSSR count). The van der Waals surface area contributed by atoms with E-state index in [1.54, 1.807) is 11.8 Å². The molecular formula is C21H32N2O4. The molecule has 2 amide bonds. The molecular weight excluding hydrogens is 344 g/mol. The van der Waals surface area contributed by atoms with Gasteiger partial charge in [0.25, 0.3) is 0 Å². The predicted molar refractivity (Wildman–Crippen MR) is 105 cm³/mol. The maximum atomic E-state index is 12.4. The fourth-order valence-electron chi connectivity index (χ4n) is 2.75. The number of esters is 1. The molecule has 1 aromatic rings. The van der Waals surface area contributed by atoms with Gasteiger partial charge in [0.15, 0.2) is 0 Å². The summed E-state index contributed by atoms with van der Waals surface area (Å²) in [6.45, 7) is 6.75. The second-order valence-electron chi connectivity index (χ2n) is 6.74. The summed E-state index contributed by atoms with van der Waals surface area (Å²) < 4.78 is 4.90. The zero-order valence-electron chi connectivity index (χ0n) is 16.7. The summed E-state index contributed by atoms with van der Waals surface area (Å²) in [7, 11) is 0. The standard InChI is InChI=1S/C21H32N2O4/c1-4-27-21(26)13-9-6-10-14-23(17(2)3)20(25)16-22-19(24)15-18-11-7-5-8-12-18/h5,7-8,11-12,17H,4,6,9-10,13-16H2,1-3H3,(H,22,24). The lowest BCUT2D eigenvalue weighted by atomic mass is 10.1. The van der Waals surface area contributed by atoms with Crippen LogP contribution in [0.15, 0.2) is 30.3 Å². The van der Waals surface area contributed by atoms with Crippen molar-refractivity contribution in [3.8, 4) is 0 Å². The van der Waals surface area contributed by atoms with Crippen LogP contribution in [0.1, 0.15) is 52.0 Å². The molecule has 6 nitrogen and oxygen atoms in total. The molecule has 1 aromatic carbocycles. The van der Waals surface area contributed by atoms with Crippen molar-refractivity contribution < 1.29 is 19.1 Å². The SMILES string of the molecule is CCOC(=O)CCCCCN(C(=O)CNC(=O)Cc1ccccc1)C(C)C. The monoisotopic (exact) mass is 376 g/mol. The van der Waals surface area contributed by atoms with Crippen LogP contribution >= 0.6 is 0 Å². The maximum absolute atomic E-state index is 12.4. The summed E-state index contributed by atoms with van der Waals surface area (Å²) in [5, 5.41) is 2.71.